The van der Waals surface area contributed by atoms with Gasteiger partial charge in [0.15, 0.2) is 0 Å². The van der Waals surface area contributed by atoms with Crippen LogP contribution in [0, 0.1) is 0 Å². The molecule has 1 amide bonds. The average molecular weight is 598 g/mol. The molecule has 0 saturated heterocycles. The largest absolute Gasteiger partial charge is 0.394 e. The van der Waals surface area contributed by atoms with Crippen molar-refractivity contribution in [2.24, 2.45) is 0 Å². The summed E-state index contributed by atoms with van der Waals surface area (Å²) in [5.41, 5.74) is 0. The number of amides is 1. The van der Waals surface area contributed by atoms with E-state index in [0.29, 0.717) is 12.8 Å². The first kappa shape index (κ1) is 41.4. The average Bonchev–Trinajstić information content (AvgIpc) is 2.98. The highest BCUT2D eigenvalue weighted by molar-refractivity contribution is 5.76. The van der Waals surface area contributed by atoms with Crippen molar-refractivity contribution in [1.29, 1.82) is 0 Å². The van der Waals surface area contributed by atoms with Crippen LogP contribution in [0.25, 0.3) is 0 Å². The van der Waals surface area contributed by atoms with Crippen LogP contribution in [-0.2, 0) is 4.79 Å². The summed E-state index contributed by atoms with van der Waals surface area (Å²) in [4.78, 5) is 12.3. The van der Waals surface area contributed by atoms with Crippen molar-refractivity contribution in [3.05, 3.63) is 0 Å². The molecule has 0 heterocycles. The quantitative estimate of drug-likeness (QED) is 0.0556. The topological polar surface area (TPSA) is 89.8 Å². The van der Waals surface area contributed by atoms with Gasteiger partial charge in [0.2, 0.25) is 5.91 Å². The van der Waals surface area contributed by atoms with E-state index in [2.05, 4.69) is 19.2 Å². The van der Waals surface area contributed by atoms with Gasteiger partial charge in [0.1, 0.15) is 0 Å². The van der Waals surface area contributed by atoms with Crippen LogP contribution in [0.1, 0.15) is 206 Å². The molecule has 0 fully saturated rings. The Bertz CT molecular complexity index is 544. The molecule has 5 heteroatoms. The number of hydrogen-bond acceptors (Lipinski definition) is 4. The van der Waals surface area contributed by atoms with E-state index in [-0.39, 0.29) is 18.9 Å². The SMILES string of the molecule is CCCCCCCCCCCCCCCCCCCCC(O)C(CO)NC(=O)CC(O)CCCCCCCCCCC. The summed E-state index contributed by atoms with van der Waals surface area (Å²) in [5.74, 6) is -0.283. The number of nitrogens with one attached hydrogen (secondary N) is 1. The van der Waals surface area contributed by atoms with Crippen LogP contribution in [-0.4, -0.2) is 46.1 Å². The predicted octanol–water partition coefficient (Wildman–Crippen LogP) is 9.93. The van der Waals surface area contributed by atoms with E-state index >= 15 is 0 Å². The molecule has 0 aromatic heterocycles. The molecule has 4 N–H and O–H groups in total. The van der Waals surface area contributed by atoms with Gasteiger partial charge in [-0.05, 0) is 12.8 Å². The van der Waals surface area contributed by atoms with Gasteiger partial charge in [0, 0.05) is 0 Å². The molecule has 0 aromatic carbocycles. The van der Waals surface area contributed by atoms with Crippen molar-refractivity contribution in [1.82, 2.24) is 5.32 Å². The summed E-state index contributed by atoms with van der Waals surface area (Å²) >= 11 is 0. The molecule has 0 bridgehead atoms. The lowest BCUT2D eigenvalue weighted by Gasteiger charge is -2.23. The first-order valence-corrected chi connectivity index (χ1v) is 18.8. The summed E-state index contributed by atoms with van der Waals surface area (Å²) in [5, 5.41) is 33.1. The summed E-state index contributed by atoms with van der Waals surface area (Å²) in [6.45, 7) is 4.24. The second-order valence-corrected chi connectivity index (χ2v) is 13.2. The second-order valence-electron chi connectivity index (χ2n) is 13.2. The Labute approximate surface area is 262 Å². The molecule has 0 aliphatic carbocycles. The third-order valence-corrected chi connectivity index (χ3v) is 8.92. The fourth-order valence-corrected chi connectivity index (χ4v) is 5.99. The van der Waals surface area contributed by atoms with Gasteiger partial charge >= 0.3 is 0 Å². The molecule has 0 aliphatic heterocycles. The molecule has 5 nitrogen and oxygen atoms in total. The number of carbonyl (C=O) groups excluding carboxylic acids is 1. The van der Waals surface area contributed by atoms with E-state index in [4.69, 9.17) is 0 Å². The maximum Gasteiger partial charge on any atom is 0.222 e. The van der Waals surface area contributed by atoms with Crippen LogP contribution < -0.4 is 5.32 Å². The van der Waals surface area contributed by atoms with E-state index in [9.17, 15) is 20.1 Å². The third kappa shape index (κ3) is 29.4. The molecule has 252 valence electrons. The predicted molar refractivity (Wildman–Crippen MR) is 181 cm³/mol. The second kappa shape index (κ2) is 33.2. The van der Waals surface area contributed by atoms with Gasteiger partial charge in [-0.3, -0.25) is 4.79 Å². The highest BCUT2D eigenvalue weighted by Gasteiger charge is 2.21. The minimum atomic E-state index is -0.741. The summed E-state index contributed by atoms with van der Waals surface area (Å²) < 4.78 is 0. The van der Waals surface area contributed by atoms with Crippen LogP contribution in [0.4, 0.5) is 0 Å². The van der Waals surface area contributed by atoms with Crippen LogP contribution >= 0.6 is 0 Å². The van der Waals surface area contributed by atoms with Crippen LogP contribution in [0.5, 0.6) is 0 Å². The van der Waals surface area contributed by atoms with Crippen LogP contribution in [0.2, 0.25) is 0 Å². The lowest BCUT2D eigenvalue weighted by atomic mass is 10.0. The van der Waals surface area contributed by atoms with Crippen LogP contribution in [0.3, 0.4) is 0 Å². The molecule has 0 spiro atoms. The van der Waals surface area contributed by atoms with Crippen LogP contribution in [0.15, 0.2) is 0 Å². The zero-order valence-corrected chi connectivity index (χ0v) is 28.4. The van der Waals surface area contributed by atoms with Gasteiger partial charge in [-0.25, -0.2) is 0 Å². The molecule has 0 rings (SSSR count). The lowest BCUT2D eigenvalue weighted by molar-refractivity contribution is -0.125. The Morgan fingerprint density at radius 2 is 0.810 bits per heavy atom. The highest BCUT2D eigenvalue weighted by Crippen LogP contribution is 2.16. The molecule has 3 atom stereocenters. The minimum Gasteiger partial charge on any atom is -0.394 e. The van der Waals surface area contributed by atoms with Gasteiger partial charge in [0.05, 0.1) is 31.3 Å². The van der Waals surface area contributed by atoms with Gasteiger partial charge in [0.25, 0.3) is 0 Å². The van der Waals surface area contributed by atoms with Gasteiger partial charge < -0.3 is 20.6 Å². The van der Waals surface area contributed by atoms with Gasteiger partial charge in [-0.15, -0.1) is 0 Å². The van der Waals surface area contributed by atoms with Crippen molar-refractivity contribution >= 4 is 5.91 Å². The molecule has 0 radical (unpaired) electrons. The zero-order chi connectivity index (χ0) is 30.9. The Kier molecular flexibility index (Phi) is 32.7. The lowest BCUT2D eigenvalue weighted by Crippen LogP contribution is -2.46. The summed E-state index contributed by atoms with van der Waals surface area (Å²) in [7, 11) is 0. The molecule has 3 unspecified atom stereocenters. The fourth-order valence-electron chi connectivity index (χ4n) is 5.99. The summed E-state index contributed by atoms with van der Waals surface area (Å²) in [6.07, 6.45) is 34.9. The minimum absolute atomic E-state index is 0.0411. The van der Waals surface area contributed by atoms with E-state index in [1.165, 1.54) is 148 Å². The molecule has 0 aromatic rings. The van der Waals surface area contributed by atoms with E-state index in [1.807, 2.05) is 0 Å². The Morgan fingerprint density at radius 1 is 0.500 bits per heavy atom. The smallest absolute Gasteiger partial charge is 0.222 e. The number of hydrogen-bond donors (Lipinski definition) is 4. The maximum atomic E-state index is 12.3. The van der Waals surface area contributed by atoms with Crippen molar-refractivity contribution in [3.63, 3.8) is 0 Å². The van der Waals surface area contributed by atoms with E-state index in [0.717, 1.165) is 25.7 Å². The molecule has 42 heavy (non-hydrogen) atoms. The normalized spacial score (nSPS) is 13.7. The van der Waals surface area contributed by atoms with Crippen molar-refractivity contribution in [2.75, 3.05) is 6.61 Å². The van der Waals surface area contributed by atoms with E-state index < -0.39 is 18.2 Å². The van der Waals surface area contributed by atoms with Gasteiger partial charge in [-0.1, -0.05) is 187 Å². The maximum absolute atomic E-state index is 12.3. The number of carbonyl (C=O) groups is 1. The number of unbranched alkanes of at least 4 members (excludes halogenated alkanes) is 25. The standard InChI is InChI=1S/C37H75NO4/c1-3-5-7-9-11-13-14-15-16-17-18-19-20-21-23-25-27-29-31-36(41)35(33-39)38-37(42)32-34(40)30-28-26-24-22-12-10-8-6-4-2/h34-36,39-41H,3-33H2,1-2H3,(H,38,42). The number of rotatable bonds is 34. The first-order valence-electron chi connectivity index (χ1n) is 18.8. The molecule has 0 aliphatic rings. The van der Waals surface area contributed by atoms with E-state index in [1.54, 1.807) is 0 Å². The fraction of sp³-hybridized carbons (Fsp3) is 0.973. The van der Waals surface area contributed by atoms with Gasteiger partial charge in [-0.2, -0.15) is 0 Å². The molecular weight excluding hydrogens is 522 g/mol. The Balaban J connectivity index is 3.61. The molecular formula is C37H75NO4. The molecule has 0 saturated carbocycles. The Hall–Kier alpha value is -0.650. The number of aliphatic hydroxyl groups is 3. The zero-order valence-electron chi connectivity index (χ0n) is 28.4. The van der Waals surface area contributed by atoms with Crippen molar-refractivity contribution < 1.29 is 20.1 Å². The monoisotopic (exact) mass is 598 g/mol. The first-order chi connectivity index (χ1) is 20.5. The highest BCUT2D eigenvalue weighted by atomic mass is 16.3. The Morgan fingerprint density at radius 3 is 1.14 bits per heavy atom. The van der Waals surface area contributed by atoms with Crippen molar-refractivity contribution in [2.45, 2.75) is 225 Å². The van der Waals surface area contributed by atoms with Crippen molar-refractivity contribution in [3.8, 4) is 0 Å². The summed E-state index contributed by atoms with van der Waals surface area (Å²) in [6, 6.07) is -0.650. The third-order valence-electron chi connectivity index (χ3n) is 8.92. The number of aliphatic hydroxyl groups excluding tert-OH is 3.